The van der Waals surface area contributed by atoms with E-state index in [1.165, 1.54) is 5.56 Å². The first kappa shape index (κ1) is 19.0. The van der Waals surface area contributed by atoms with Gasteiger partial charge in [0.05, 0.1) is 13.2 Å². The van der Waals surface area contributed by atoms with Gasteiger partial charge in [-0.05, 0) is 18.1 Å². The van der Waals surface area contributed by atoms with E-state index in [1.807, 2.05) is 60.7 Å². The number of benzene rings is 3. The van der Waals surface area contributed by atoms with Crippen LogP contribution in [0.25, 0.3) is 0 Å². The summed E-state index contributed by atoms with van der Waals surface area (Å²) in [5, 5.41) is 0. The van der Waals surface area contributed by atoms with Crippen LogP contribution in [0.1, 0.15) is 27.0 Å². The molecule has 3 nitrogen and oxygen atoms in total. The molecule has 0 fully saturated rings. The summed E-state index contributed by atoms with van der Waals surface area (Å²) in [5.41, 5.74) is 2.46. The van der Waals surface area contributed by atoms with Crippen LogP contribution in [0.3, 0.4) is 0 Å². The minimum Gasteiger partial charge on any atom is -0.373 e. The summed E-state index contributed by atoms with van der Waals surface area (Å²) >= 11 is 0. The van der Waals surface area contributed by atoms with Gasteiger partial charge in [0.2, 0.25) is 5.78 Å². The Kier molecular flexibility index (Phi) is 6.17. The van der Waals surface area contributed by atoms with Crippen molar-refractivity contribution in [1.82, 2.24) is 0 Å². The van der Waals surface area contributed by atoms with Crippen LogP contribution >= 0.6 is 0 Å². The molecule has 0 spiro atoms. The van der Waals surface area contributed by atoms with Crippen molar-refractivity contribution in [1.29, 1.82) is 0 Å². The number of methoxy groups -OCH3 is 1. The third-order valence-corrected chi connectivity index (χ3v) is 4.69. The van der Waals surface area contributed by atoms with Crippen LogP contribution in [0, 0.1) is 6.92 Å². The maximum Gasteiger partial charge on any atom is 0.201 e. The van der Waals surface area contributed by atoms with Gasteiger partial charge < -0.3 is 9.47 Å². The summed E-state index contributed by atoms with van der Waals surface area (Å²) < 4.78 is 11.8. The number of aryl methyl sites for hydroxylation is 1. The number of rotatable bonds is 8. The number of ether oxygens (including phenoxy) is 2. The number of Topliss-reactive ketones (excluding diaryl/α,β-unsaturated/α-hetero) is 1. The fourth-order valence-electron chi connectivity index (χ4n) is 3.08. The van der Waals surface area contributed by atoms with Crippen molar-refractivity contribution in [2.24, 2.45) is 0 Å². The molecule has 0 N–H and O–H groups in total. The van der Waals surface area contributed by atoms with Crippen molar-refractivity contribution in [2.45, 2.75) is 19.1 Å². The summed E-state index contributed by atoms with van der Waals surface area (Å²) in [6.45, 7) is 2.60. The molecule has 0 amide bonds. The quantitative estimate of drug-likeness (QED) is 0.534. The van der Waals surface area contributed by atoms with Crippen molar-refractivity contribution in [3.05, 3.63) is 107 Å². The van der Waals surface area contributed by atoms with Gasteiger partial charge in [-0.25, -0.2) is 0 Å². The maximum absolute atomic E-state index is 13.4. The van der Waals surface area contributed by atoms with Crippen molar-refractivity contribution < 1.29 is 14.3 Å². The molecule has 3 heteroatoms. The molecule has 3 aromatic rings. The first-order valence-electron chi connectivity index (χ1n) is 8.99. The van der Waals surface area contributed by atoms with Crippen LogP contribution in [0.15, 0.2) is 84.9 Å². The second kappa shape index (κ2) is 8.76. The minimum atomic E-state index is -1.19. The highest BCUT2D eigenvalue weighted by Gasteiger charge is 2.41. The zero-order valence-corrected chi connectivity index (χ0v) is 15.7. The average molecular weight is 360 g/mol. The van der Waals surface area contributed by atoms with E-state index in [4.69, 9.17) is 9.47 Å². The van der Waals surface area contributed by atoms with Crippen molar-refractivity contribution >= 4 is 5.78 Å². The first-order chi connectivity index (χ1) is 13.2. The molecule has 0 aliphatic rings. The Hall–Kier alpha value is -2.75. The molecule has 0 bridgehead atoms. The third-order valence-electron chi connectivity index (χ3n) is 4.69. The highest BCUT2D eigenvalue weighted by Crippen LogP contribution is 2.30. The molecule has 0 aromatic heterocycles. The topological polar surface area (TPSA) is 35.5 Å². The van der Waals surface area contributed by atoms with Crippen LogP contribution < -0.4 is 0 Å². The van der Waals surface area contributed by atoms with Gasteiger partial charge in [0, 0.05) is 12.7 Å². The van der Waals surface area contributed by atoms with Gasteiger partial charge in [0.1, 0.15) is 0 Å². The van der Waals surface area contributed by atoms with E-state index in [-0.39, 0.29) is 12.4 Å². The lowest BCUT2D eigenvalue weighted by atomic mass is 9.86. The lowest BCUT2D eigenvalue weighted by Gasteiger charge is -2.31. The van der Waals surface area contributed by atoms with E-state index in [0.29, 0.717) is 12.2 Å². The Morgan fingerprint density at radius 3 is 2.04 bits per heavy atom. The van der Waals surface area contributed by atoms with Crippen LogP contribution in [0.4, 0.5) is 0 Å². The normalized spacial score (nSPS) is 13.1. The smallest absolute Gasteiger partial charge is 0.201 e. The van der Waals surface area contributed by atoms with E-state index in [1.54, 1.807) is 19.2 Å². The largest absolute Gasteiger partial charge is 0.373 e. The molecule has 1 unspecified atom stereocenters. The molecule has 3 rings (SSSR count). The highest BCUT2D eigenvalue weighted by atomic mass is 16.5. The number of carbonyl (C=O) groups excluding carboxylic acids is 1. The summed E-state index contributed by atoms with van der Waals surface area (Å²) in [6.07, 6.45) is 0. The molecule has 27 heavy (non-hydrogen) atoms. The van der Waals surface area contributed by atoms with Gasteiger partial charge >= 0.3 is 0 Å². The Morgan fingerprint density at radius 1 is 0.852 bits per heavy atom. The van der Waals surface area contributed by atoms with Crippen molar-refractivity contribution in [3.63, 3.8) is 0 Å². The van der Waals surface area contributed by atoms with Crippen molar-refractivity contribution in [3.8, 4) is 0 Å². The molecular formula is C24H24O3. The fourth-order valence-corrected chi connectivity index (χ4v) is 3.08. The summed E-state index contributed by atoms with van der Waals surface area (Å²) in [4.78, 5) is 13.4. The van der Waals surface area contributed by atoms with Crippen LogP contribution in [0.2, 0.25) is 0 Å². The standard InChI is InChI=1S/C24H24O3/c1-19-13-15-20(16-14-19)17-27-18-24(26-2,22-11-7-4-8-12-22)23(25)21-9-5-3-6-10-21/h3-16H,17-18H2,1-2H3. The predicted octanol–water partition coefficient (Wildman–Crippen LogP) is 4.94. The maximum atomic E-state index is 13.4. The van der Waals surface area contributed by atoms with E-state index in [2.05, 4.69) is 19.1 Å². The molecular weight excluding hydrogens is 336 g/mol. The molecule has 0 radical (unpaired) electrons. The van der Waals surface area contributed by atoms with Gasteiger partial charge in [0.25, 0.3) is 0 Å². The van der Waals surface area contributed by atoms with Gasteiger partial charge in [-0.3, -0.25) is 4.79 Å². The number of carbonyl (C=O) groups is 1. The zero-order valence-electron chi connectivity index (χ0n) is 15.7. The predicted molar refractivity (Wildman–Crippen MR) is 107 cm³/mol. The molecule has 1 atom stereocenters. The molecule has 0 saturated heterocycles. The van der Waals surface area contributed by atoms with E-state index in [9.17, 15) is 4.79 Å². The minimum absolute atomic E-state index is 0.110. The van der Waals surface area contributed by atoms with Gasteiger partial charge in [-0.2, -0.15) is 0 Å². The number of hydrogen-bond acceptors (Lipinski definition) is 3. The van der Waals surface area contributed by atoms with Crippen LogP contribution in [0.5, 0.6) is 0 Å². The summed E-state index contributed by atoms with van der Waals surface area (Å²) in [5.74, 6) is -0.110. The molecule has 0 aliphatic heterocycles. The Balaban J connectivity index is 1.87. The SMILES string of the molecule is COC(COCc1ccc(C)cc1)(C(=O)c1ccccc1)c1ccccc1. The monoisotopic (exact) mass is 360 g/mol. The lowest BCUT2D eigenvalue weighted by molar-refractivity contribution is -0.0610. The second-order valence-electron chi connectivity index (χ2n) is 6.57. The average Bonchev–Trinajstić information content (AvgIpc) is 2.74. The van der Waals surface area contributed by atoms with Crippen LogP contribution in [-0.4, -0.2) is 19.5 Å². The molecule has 0 saturated carbocycles. The van der Waals surface area contributed by atoms with Gasteiger partial charge in [-0.15, -0.1) is 0 Å². The second-order valence-corrected chi connectivity index (χ2v) is 6.57. The summed E-state index contributed by atoms with van der Waals surface area (Å²) in [7, 11) is 1.56. The van der Waals surface area contributed by atoms with Crippen molar-refractivity contribution in [2.75, 3.05) is 13.7 Å². The van der Waals surface area contributed by atoms with E-state index in [0.717, 1.165) is 11.1 Å². The molecule has 3 aromatic carbocycles. The Morgan fingerprint density at radius 2 is 1.44 bits per heavy atom. The fraction of sp³-hybridized carbons (Fsp3) is 0.208. The highest BCUT2D eigenvalue weighted by molar-refractivity contribution is 6.03. The third kappa shape index (κ3) is 4.33. The lowest BCUT2D eigenvalue weighted by Crippen LogP contribution is -2.42. The number of ketones is 1. The summed E-state index contributed by atoms with van der Waals surface area (Å²) in [6, 6.07) is 26.9. The first-order valence-corrected chi connectivity index (χ1v) is 8.99. The van der Waals surface area contributed by atoms with E-state index < -0.39 is 5.60 Å². The van der Waals surface area contributed by atoms with Gasteiger partial charge in [-0.1, -0.05) is 90.5 Å². The number of hydrogen-bond donors (Lipinski definition) is 0. The molecule has 0 aliphatic carbocycles. The van der Waals surface area contributed by atoms with E-state index >= 15 is 0 Å². The zero-order chi connectivity index (χ0) is 19.1. The Bertz CT molecular complexity index is 857. The molecule has 0 heterocycles. The van der Waals surface area contributed by atoms with Gasteiger partial charge in [0.15, 0.2) is 5.60 Å². The van der Waals surface area contributed by atoms with Crippen LogP contribution in [-0.2, 0) is 21.7 Å². The molecule has 138 valence electrons. The Labute approximate surface area is 160 Å².